The molecule has 1 unspecified atom stereocenters. The highest BCUT2D eigenvalue weighted by atomic mass is 32.2. The van der Waals surface area contributed by atoms with E-state index >= 15 is 0 Å². The van der Waals surface area contributed by atoms with Crippen LogP contribution in [0.15, 0.2) is 64.2 Å². The van der Waals surface area contributed by atoms with Crippen LogP contribution in [0, 0.1) is 5.92 Å². The lowest BCUT2D eigenvalue weighted by Gasteiger charge is -2.22. The van der Waals surface area contributed by atoms with Gasteiger partial charge in [0.2, 0.25) is 11.8 Å². The van der Waals surface area contributed by atoms with Gasteiger partial charge in [0.15, 0.2) is 0 Å². The number of methoxy groups -OCH3 is 1. The van der Waals surface area contributed by atoms with Gasteiger partial charge in [-0.2, -0.15) is 0 Å². The summed E-state index contributed by atoms with van der Waals surface area (Å²) in [6, 6.07) is 17.3. The second kappa shape index (κ2) is 9.41. The standard InChI is InChI=1S/C21H23N3O3S/c1-14(2)19(15-7-5-4-6-8-15)22-18(25)13-28-21-24-23-20(27-21)16-9-11-17(26-3)12-10-16/h4-12,14,19H,13H2,1-3H3,(H,22,25). The summed E-state index contributed by atoms with van der Waals surface area (Å²) >= 11 is 1.22. The second-order valence-corrected chi connectivity index (χ2v) is 7.52. The Labute approximate surface area is 168 Å². The Balaban J connectivity index is 1.57. The highest BCUT2D eigenvalue weighted by Gasteiger charge is 2.19. The van der Waals surface area contributed by atoms with Crippen molar-refractivity contribution in [1.82, 2.24) is 15.5 Å². The SMILES string of the molecule is COc1ccc(-c2nnc(SCC(=O)NC(c3ccccc3)C(C)C)o2)cc1. The molecule has 1 N–H and O–H groups in total. The fourth-order valence-electron chi connectivity index (χ4n) is 2.76. The number of aromatic nitrogens is 2. The lowest BCUT2D eigenvalue weighted by molar-refractivity contribution is -0.119. The quantitative estimate of drug-likeness (QED) is 0.570. The van der Waals surface area contributed by atoms with Gasteiger partial charge >= 0.3 is 0 Å². The molecule has 0 fully saturated rings. The molecular formula is C21H23N3O3S. The minimum Gasteiger partial charge on any atom is -0.497 e. The van der Waals surface area contributed by atoms with E-state index in [-0.39, 0.29) is 23.6 Å². The van der Waals surface area contributed by atoms with E-state index in [2.05, 4.69) is 29.4 Å². The first kappa shape index (κ1) is 19.9. The normalized spacial score (nSPS) is 12.0. The zero-order valence-corrected chi connectivity index (χ0v) is 16.9. The minimum absolute atomic E-state index is 0.0353. The molecule has 0 aliphatic heterocycles. The highest BCUT2D eigenvalue weighted by molar-refractivity contribution is 7.99. The van der Waals surface area contributed by atoms with Gasteiger partial charge in [-0.05, 0) is 35.7 Å². The number of carbonyl (C=O) groups excluding carboxylic acids is 1. The summed E-state index contributed by atoms with van der Waals surface area (Å²) in [6.07, 6.45) is 0. The van der Waals surface area contributed by atoms with Crippen LogP contribution in [0.4, 0.5) is 0 Å². The highest BCUT2D eigenvalue weighted by Crippen LogP contribution is 2.25. The van der Waals surface area contributed by atoms with E-state index in [4.69, 9.17) is 9.15 Å². The van der Waals surface area contributed by atoms with Crippen LogP contribution >= 0.6 is 11.8 Å². The molecule has 0 bridgehead atoms. The van der Waals surface area contributed by atoms with Gasteiger partial charge in [0.1, 0.15) is 5.75 Å². The van der Waals surface area contributed by atoms with Crippen molar-refractivity contribution in [3.05, 3.63) is 60.2 Å². The third-order valence-electron chi connectivity index (χ3n) is 4.21. The van der Waals surface area contributed by atoms with Crippen LogP contribution in [0.3, 0.4) is 0 Å². The van der Waals surface area contributed by atoms with Gasteiger partial charge in [-0.15, -0.1) is 10.2 Å². The molecule has 1 aromatic heterocycles. The van der Waals surface area contributed by atoms with E-state index in [0.717, 1.165) is 16.9 Å². The first-order valence-electron chi connectivity index (χ1n) is 9.02. The Morgan fingerprint density at radius 1 is 1.11 bits per heavy atom. The lowest BCUT2D eigenvalue weighted by atomic mass is 9.96. The maximum atomic E-state index is 12.4. The molecule has 0 radical (unpaired) electrons. The number of thioether (sulfide) groups is 1. The lowest BCUT2D eigenvalue weighted by Crippen LogP contribution is -2.32. The molecule has 28 heavy (non-hydrogen) atoms. The van der Waals surface area contributed by atoms with E-state index in [1.807, 2.05) is 54.6 Å². The topological polar surface area (TPSA) is 77.2 Å². The average Bonchev–Trinajstić information content (AvgIpc) is 3.20. The molecule has 2 aromatic carbocycles. The summed E-state index contributed by atoms with van der Waals surface area (Å²) in [5, 5.41) is 11.5. The molecule has 0 spiro atoms. The summed E-state index contributed by atoms with van der Waals surface area (Å²) < 4.78 is 10.8. The molecule has 1 amide bonds. The molecule has 1 atom stereocenters. The average molecular weight is 398 g/mol. The summed E-state index contributed by atoms with van der Waals surface area (Å²) in [4.78, 5) is 12.4. The van der Waals surface area contributed by atoms with Gasteiger partial charge in [0.05, 0.1) is 18.9 Å². The van der Waals surface area contributed by atoms with Crippen molar-refractivity contribution in [1.29, 1.82) is 0 Å². The molecular weight excluding hydrogens is 374 g/mol. The number of hydrogen-bond donors (Lipinski definition) is 1. The van der Waals surface area contributed by atoms with Gasteiger partial charge in [0.25, 0.3) is 5.22 Å². The molecule has 1 heterocycles. The molecule has 7 heteroatoms. The number of benzene rings is 2. The summed E-state index contributed by atoms with van der Waals surface area (Å²) in [5.41, 5.74) is 1.89. The van der Waals surface area contributed by atoms with Crippen molar-refractivity contribution in [2.75, 3.05) is 12.9 Å². The van der Waals surface area contributed by atoms with E-state index in [0.29, 0.717) is 11.1 Å². The van der Waals surface area contributed by atoms with E-state index < -0.39 is 0 Å². The van der Waals surface area contributed by atoms with Crippen molar-refractivity contribution in [3.63, 3.8) is 0 Å². The Bertz CT molecular complexity index is 895. The number of amides is 1. The molecule has 0 aliphatic carbocycles. The molecule has 6 nitrogen and oxygen atoms in total. The predicted molar refractivity (Wildman–Crippen MR) is 109 cm³/mol. The number of nitrogens with one attached hydrogen (secondary N) is 1. The van der Waals surface area contributed by atoms with E-state index in [1.54, 1.807) is 7.11 Å². The van der Waals surface area contributed by atoms with Crippen LogP contribution in [0.5, 0.6) is 5.75 Å². The third-order valence-corrected chi connectivity index (χ3v) is 5.03. The second-order valence-electron chi connectivity index (χ2n) is 6.59. The van der Waals surface area contributed by atoms with Crippen molar-refractivity contribution >= 4 is 17.7 Å². The fraction of sp³-hybridized carbons (Fsp3) is 0.286. The summed E-state index contributed by atoms with van der Waals surface area (Å²) in [5.74, 6) is 1.58. The van der Waals surface area contributed by atoms with Crippen LogP contribution < -0.4 is 10.1 Å². The number of ether oxygens (including phenoxy) is 1. The van der Waals surface area contributed by atoms with E-state index in [1.165, 1.54) is 11.8 Å². The predicted octanol–water partition coefficient (Wildman–Crippen LogP) is 4.35. The molecule has 0 saturated heterocycles. The molecule has 3 aromatic rings. The first-order chi connectivity index (χ1) is 13.6. The van der Waals surface area contributed by atoms with Crippen LogP contribution in [0.1, 0.15) is 25.5 Å². The van der Waals surface area contributed by atoms with Gasteiger partial charge < -0.3 is 14.5 Å². The number of nitrogens with zero attached hydrogens (tertiary/aromatic N) is 2. The molecule has 0 saturated carbocycles. The zero-order valence-electron chi connectivity index (χ0n) is 16.1. The van der Waals surface area contributed by atoms with Crippen LogP contribution in [0.25, 0.3) is 11.5 Å². The summed E-state index contributed by atoms with van der Waals surface area (Å²) in [6.45, 7) is 4.18. The van der Waals surface area contributed by atoms with Crippen molar-refractivity contribution in [3.8, 4) is 17.2 Å². The molecule has 0 aliphatic rings. The van der Waals surface area contributed by atoms with Gasteiger partial charge in [0, 0.05) is 5.56 Å². The van der Waals surface area contributed by atoms with E-state index in [9.17, 15) is 4.79 Å². The minimum atomic E-state index is -0.0725. The number of rotatable bonds is 8. The van der Waals surface area contributed by atoms with Crippen molar-refractivity contribution in [2.24, 2.45) is 5.92 Å². The smallest absolute Gasteiger partial charge is 0.277 e. The Morgan fingerprint density at radius 3 is 2.46 bits per heavy atom. The number of carbonyl (C=O) groups is 1. The Hall–Kier alpha value is -2.80. The molecule has 3 rings (SSSR count). The first-order valence-corrected chi connectivity index (χ1v) is 10.0. The summed E-state index contributed by atoms with van der Waals surface area (Å²) in [7, 11) is 1.61. The third kappa shape index (κ3) is 5.13. The van der Waals surface area contributed by atoms with Gasteiger partial charge in [-0.3, -0.25) is 4.79 Å². The maximum absolute atomic E-state index is 12.4. The largest absolute Gasteiger partial charge is 0.497 e. The van der Waals surface area contributed by atoms with Gasteiger partial charge in [-0.1, -0.05) is 55.9 Å². The molecule has 146 valence electrons. The maximum Gasteiger partial charge on any atom is 0.277 e. The van der Waals surface area contributed by atoms with Crippen LogP contribution in [0.2, 0.25) is 0 Å². The van der Waals surface area contributed by atoms with Crippen molar-refractivity contribution in [2.45, 2.75) is 25.1 Å². The number of hydrogen-bond acceptors (Lipinski definition) is 6. The Morgan fingerprint density at radius 2 is 1.82 bits per heavy atom. The zero-order chi connectivity index (χ0) is 19.9. The van der Waals surface area contributed by atoms with Crippen LogP contribution in [-0.2, 0) is 4.79 Å². The monoisotopic (exact) mass is 397 g/mol. The fourth-order valence-corrected chi connectivity index (χ4v) is 3.33. The van der Waals surface area contributed by atoms with Crippen LogP contribution in [-0.4, -0.2) is 29.0 Å². The van der Waals surface area contributed by atoms with Crippen molar-refractivity contribution < 1.29 is 13.9 Å². The van der Waals surface area contributed by atoms with Gasteiger partial charge in [-0.25, -0.2) is 0 Å². The Kier molecular flexibility index (Phi) is 6.71.